The van der Waals surface area contributed by atoms with E-state index in [4.69, 9.17) is 19.6 Å². The van der Waals surface area contributed by atoms with Crippen molar-refractivity contribution in [3.8, 4) is 0 Å². The molecule has 0 aromatic carbocycles. The Morgan fingerprint density at radius 2 is 0.914 bits per heavy atom. The van der Waals surface area contributed by atoms with Gasteiger partial charge >= 0.3 is 11.9 Å². The molecule has 0 atom stereocenters. The van der Waals surface area contributed by atoms with Gasteiger partial charge in [-0.25, -0.2) is 9.59 Å². The Kier molecular flexibility index (Phi) is 17.8. The fourth-order valence-corrected chi connectivity index (χ4v) is 2.68. The average molecular weight is 503 g/mol. The lowest BCUT2D eigenvalue weighted by Gasteiger charge is -2.20. The molecule has 0 saturated heterocycles. The highest BCUT2D eigenvalue weighted by molar-refractivity contribution is 5.68. The Bertz CT molecular complexity index is 561. The van der Waals surface area contributed by atoms with Crippen molar-refractivity contribution in [2.24, 2.45) is 10.8 Å². The lowest BCUT2D eigenvalue weighted by atomic mass is 9.89. The zero-order chi connectivity index (χ0) is 27.8. The minimum absolute atomic E-state index is 0.257. The van der Waals surface area contributed by atoms with Gasteiger partial charge in [-0.1, -0.05) is 74.1 Å². The van der Waals surface area contributed by atoms with Gasteiger partial charge in [0.2, 0.25) is 0 Å². The second-order valence-electron chi connectivity index (χ2n) is 13.5. The minimum atomic E-state index is -0.429. The van der Waals surface area contributed by atoms with Gasteiger partial charge in [0.05, 0.1) is 0 Å². The zero-order valence-corrected chi connectivity index (χ0v) is 25.2. The summed E-state index contributed by atoms with van der Waals surface area (Å²) in [7, 11) is 0. The largest absolute Gasteiger partial charge is 0.342 e. The molecule has 0 bridgehead atoms. The van der Waals surface area contributed by atoms with Crippen LogP contribution in [-0.4, -0.2) is 23.1 Å². The standard InChI is InChI=1S/C15H30O3.C14H28O3/c1-7-15(5,6)18-17-13(16)11-9-8-10-12-14(2,3)4;1-13(2,3)11-9-7-8-10-12(15)16-17-14(4,5)6/h7-12H2,1-6H3;7-11H2,1-6H3. The molecule has 0 aliphatic rings. The summed E-state index contributed by atoms with van der Waals surface area (Å²) < 4.78 is 0. The van der Waals surface area contributed by atoms with Crippen molar-refractivity contribution in [3.63, 3.8) is 0 Å². The molecule has 0 N–H and O–H groups in total. The predicted octanol–water partition coefficient (Wildman–Crippen LogP) is 8.90. The van der Waals surface area contributed by atoms with Crippen LogP contribution in [0.1, 0.15) is 154 Å². The molecule has 0 amide bonds. The quantitative estimate of drug-likeness (QED) is 0.134. The van der Waals surface area contributed by atoms with Crippen LogP contribution in [0.4, 0.5) is 0 Å². The summed E-state index contributed by atoms with van der Waals surface area (Å²) in [6.45, 7) is 24.8. The molecule has 35 heavy (non-hydrogen) atoms. The third-order valence-corrected chi connectivity index (χ3v) is 5.21. The van der Waals surface area contributed by atoms with Crippen LogP contribution in [0, 0.1) is 10.8 Å². The second-order valence-corrected chi connectivity index (χ2v) is 13.5. The van der Waals surface area contributed by atoms with Gasteiger partial charge in [0.25, 0.3) is 0 Å². The molecule has 6 nitrogen and oxygen atoms in total. The highest BCUT2D eigenvalue weighted by Crippen LogP contribution is 2.23. The van der Waals surface area contributed by atoms with E-state index in [2.05, 4.69) is 41.5 Å². The van der Waals surface area contributed by atoms with Crippen LogP contribution >= 0.6 is 0 Å². The SMILES string of the molecule is CC(C)(C)CCCCCC(=O)OOC(C)(C)C.CCC(C)(C)OOC(=O)CCCCCC(C)(C)C. The first kappa shape index (κ1) is 36.0. The highest BCUT2D eigenvalue weighted by atomic mass is 17.2. The van der Waals surface area contributed by atoms with Crippen LogP contribution in [0.2, 0.25) is 0 Å². The Hall–Kier alpha value is -1.14. The van der Waals surface area contributed by atoms with Crippen molar-refractivity contribution in [1.29, 1.82) is 0 Å². The molecule has 0 aliphatic heterocycles. The lowest BCUT2D eigenvalue weighted by molar-refractivity contribution is -0.325. The summed E-state index contributed by atoms with van der Waals surface area (Å²) in [6.07, 6.45) is 10.3. The second kappa shape index (κ2) is 17.3. The Morgan fingerprint density at radius 1 is 0.543 bits per heavy atom. The van der Waals surface area contributed by atoms with E-state index in [1.54, 1.807) is 0 Å². The zero-order valence-electron chi connectivity index (χ0n) is 25.2. The van der Waals surface area contributed by atoms with E-state index in [0.717, 1.165) is 44.9 Å². The van der Waals surface area contributed by atoms with Crippen molar-refractivity contribution in [3.05, 3.63) is 0 Å². The van der Waals surface area contributed by atoms with Gasteiger partial charge in [0.15, 0.2) is 0 Å². The first-order valence-electron chi connectivity index (χ1n) is 13.5. The molecule has 0 unspecified atom stereocenters. The van der Waals surface area contributed by atoms with Crippen molar-refractivity contribution in [1.82, 2.24) is 0 Å². The van der Waals surface area contributed by atoms with Crippen molar-refractivity contribution in [2.75, 3.05) is 0 Å². The average Bonchev–Trinajstić information content (AvgIpc) is 2.68. The van der Waals surface area contributed by atoms with E-state index in [1.165, 1.54) is 12.8 Å². The molecule has 0 heterocycles. The van der Waals surface area contributed by atoms with Gasteiger partial charge in [-0.05, 0) is 77.6 Å². The number of hydrogen-bond acceptors (Lipinski definition) is 6. The number of carbonyl (C=O) groups is 2. The van der Waals surface area contributed by atoms with E-state index in [-0.39, 0.29) is 17.5 Å². The monoisotopic (exact) mass is 502 g/mol. The summed E-state index contributed by atoms with van der Waals surface area (Å²) >= 11 is 0. The molecule has 6 heteroatoms. The van der Waals surface area contributed by atoms with Crippen LogP contribution in [0.25, 0.3) is 0 Å². The van der Waals surface area contributed by atoms with Crippen molar-refractivity contribution >= 4 is 11.9 Å². The van der Waals surface area contributed by atoms with E-state index in [0.29, 0.717) is 23.7 Å². The summed E-state index contributed by atoms with van der Waals surface area (Å²) in [5.41, 5.74) is -0.0472. The van der Waals surface area contributed by atoms with E-state index in [9.17, 15) is 9.59 Å². The maximum Gasteiger partial charge on any atom is 0.342 e. The van der Waals surface area contributed by atoms with Gasteiger partial charge < -0.3 is 0 Å². The van der Waals surface area contributed by atoms with Gasteiger partial charge in [-0.3, -0.25) is 9.78 Å². The first-order chi connectivity index (χ1) is 15.8. The number of rotatable bonds is 14. The molecule has 0 aromatic rings. The highest BCUT2D eigenvalue weighted by Gasteiger charge is 2.19. The summed E-state index contributed by atoms with van der Waals surface area (Å²) in [5, 5.41) is 0. The molecular formula is C29H58O6. The number of hydrogen-bond donors (Lipinski definition) is 0. The topological polar surface area (TPSA) is 71.1 Å². The van der Waals surface area contributed by atoms with Crippen LogP contribution in [0.15, 0.2) is 0 Å². The van der Waals surface area contributed by atoms with Crippen LogP contribution in [-0.2, 0) is 29.1 Å². The maximum atomic E-state index is 11.4. The fourth-order valence-electron chi connectivity index (χ4n) is 2.68. The summed E-state index contributed by atoms with van der Waals surface area (Å²) in [4.78, 5) is 42.3. The maximum absolute atomic E-state index is 11.4. The van der Waals surface area contributed by atoms with Crippen molar-refractivity contribution in [2.45, 2.75) is 165 Å². The van der Waals surface area contributed by atoms with Gasteiger partial charge in [-0.2, -0.15) is 9.78 Å². The molecule has 0 fully saturated rings. The Balaban J connectivity index is 0. The smallest absolute Gasteiger partial charge is 0.298 e. The minimum Gasteiger partial charge on any atom is -0.298 e. The summed E-state index contributed by atoms with van der Waals surface area (Å²) in [5.74, 6) is -0.525. The molecule has 210 valence electrons. The first-order valence-corrected chi connectivity index (χ1v) is 13.5. The van der Waals surface area contributed by atoms with Crippen LogP contribution < -0.4 is 0 Å². The van der Waals surface area contributed by atoms with Crippen LogP contribution in [0.3, 0.4) is 0 Å². The normalized spacial score (nSPS) is 12.6. The number of carbonyl (C=O) groups excluding carboxylic acids is 2. The molecule has 0 rings (SSSR count). The van der Waals surface area contributed by atoms with Gasteiger partial charge in [0.1, 0.15) is 11.2 Å². The van der Waals surface area contributed by atoms with Gasteiger partial charge in [-0.15, -0.1) is 0 Å². The fraction of sp³-hybridized carbons (Fsp3) is 0.931. The molecule has 0 spiro atoms. The molecule has 0 saturated carbocycles. The van der Waals surface area contributed by atoms with E-state index < -0.39 is 5.60 Å². The summed E-state index contributed by atoms with van der Waals surface area (Å²) in [6, 6.07) is 0. The Morgan fingerprint density at radius 3 is 1.23 bits per heavy atom. The van der Waals surface area contributed by atoms with Gasteiger partial charge in [0, 0.05) is 12.8 Å². The molecule has 0 aromatic heterocycles. The van der Waals surface area contributed by atoms with E-state index >= 15 is 0 Å². The molecule has 0 radical (unpaired) electrons. The molecule has 0 aliphatic carbocycles. The number of unbranched alkanes of at least 4 members (excludes halogenated alkanes) is 4. The molecular weight excluding hydrogens is 444 g/mol. The lowest BCUT2D eigenvalue weighted by Crippen LogP contribution is -2.25. The third-order valence-electron chi connectivity index (χ3n) is 5.21. The Labute approximate surface area is 217 Å². The predicted molar refractivity (Wildman–Crippen MR) is 144 cm³/mol. The van der Waals surface area contributed by atoms with E-state index in [1.807, 2.05) is 41.5 Å². The van der Waals surface area contributed by atoms with Crippen LogP contribution in [0.5, 0.6) is 0 Å². The third kappa shape index (κ3) is 30.8. The van der Waals surface area contributed by atoms with Crippen molar-refractivity contribution < 1.29 is 29.1 Å².